The van der Waals surface area contributed by atoms with Crippen LogP contribution < -0.4 is 5.32 Å². The summed E-state index contributed by atoms with van der Waals surface area (Å²) < 4.78 is 0. The molecule has 0 radical (unpaired) electrons. The summed E-state index contributed by atoms with van der Waals surface area (Å²) >= 11 is 6.08. The zero-order valence-electron chi connectivity index (χ0n) is 8.15. The molecule has 0 aromatic carbocycles. The summed E-state index contributed by atoms with van der Waals surface area (Å²) in [5.41, 5.74) is 0. The van der Waals surface area contributed by atoms with Gasteiger partial charge < -0.3 is 5.32 Å². The van der Waals surface area contributed by atoms with E-state index in [1.54, 1.807) is 0 Å². The fraction of sp³-hybridized carbons (Fsp3) is 1.00. The predicted octanol–water partition coefficient (Wildman–Crippen LogP) is 2.64. The molecular weight excluding hydrogens is 170 g/mol. The average Bonchev–Trinajstić information content (AvgIpc) is 2.80. The Morgan fingerprint density at radius 2 is 2.08 bits per heavy atom. The third-order valence-corrected chi connectivity index (χ3v) is 3.15. The van der Waals surface area contributed by atoms with Crippen LogP contribution in [-0.2, 0) is 0 Å². The predicted molar refractivity (Wildman–Crippen MR) is 54.7 cm³/mol. The maximum Gasteiger partial charge on any atom is 0.0483 e. The Hall–Kier alpha value is 0.250. The molecule has 0 spiro atoms. The van der Waals surface area contributed by atoms with E-state index < -0.39 is 0 Å². The quantitative estimate of drug-likeness (QED) is 0.501. The number of alkyl halides is 1. The summed E-state index contributed by atoms with van der Waals surface area (Å²) in [6, 6.07) is 0. The molecule has 1 saturated carbocycles. The largest absolute Gasteiger partial charge is 0.315 e. The molecule has 0 heterocycles. The molecule has 0 aromatic rings. The maximum absolute atomic E-state index is 6.08. The van der Waals surface area contributed by atoms with Gasteiger partial charge in [0.2, 0.25) is 0 Å². The molecule has 0 aromatic heterocycles. The molecule has 1 nitrogen and oxygen atoms in total. The van der Waals surface area contributed by atoms with Gasteiger partial charge in [0, 0.05) is 11.9 Å². The first-order chi connectivity index (χ1) is 5.70. The second-order valence-corrected chi connectivity index (χ2v) is 4.76. The summed E-state index contributed by atoms with van der Waals surface area (Å²) in [6.07, 6.45) is 4.26. The van der Waals surface area contributed by atoms with Gasteiger partial charge in [-0.2, -0.15) is 0 Å². The first-order valence-electron chi connectivity index (χ1n) is 5.05. The fourth-order valence-electron chi connectivity index (χ4n) is 1.19. The summed E-state index contributed by atoms with van der Waals surface area (Å²) in [7, 11) is 0. The van der Waals surface area contributed by atoms with E-state index in [0.717, 1.165) is 19.0 Å². The van der Waals surface area contributed by atoms with Gasteiger partial charge >= 0.3 is 0 Å². The number of nitrogens with one attached hydrogen (secondary N) is 1. The van der Waals surface area contributed by atoms with Crippen LogP contribution in [0, 0.1) is 11.8 Å². The molecule has 1 aliphatic carbocycles. The maximum atomic E-state index is 6.08. The molecule has 0 aliphatic heterocycles. The highest BCUT2D eigenvalue weighted by Gasteiger charge is 2.20. The second kappa shape index (κ2) is 5.08. The van der Waals surface area contributed by atoms with Crippen LogP contribution in [0.3, 0.4) is 0 Å². The van der Waals surface area contributed by atoms with Crippen molar-refractivity contribution in [2.45, 2.75) is 38.5 Å². The van der Waals surface area contributed by atoms with Crippen molar-refractivity contribution in [1.29, 1.82) is 0 Å². The number of hydrogen-bond donors (Lipinski definition) is 1. The van der Waals surface area contributed by atoms with Crippen molar-refractivity contribution >= 4 is 11.6 Å². The second-order valence-electron chi connectivity index (χ2n) is 4.20. The molecule has 2 heteroatoms. The molecule has 1 unspecified atom stereocenters. The molecule has 1 fully saturated rings. The lowest BCUT2D eigenvalue weighted by Gasteiger charge is -2.13. The third kappa shape index (κ3) is 4.32. The van der Waals surface area contributed by atoms with Gasteiger partial charge in [0.25, 0.3) is 0 Å². The Kier molecular flexibility index (Phi) is 4.38. The van der Waals surface area contributed by atoms with Crippen molar-refractivity contribution in [2.24, 2.45) is 11.8 Å². The highest BCUT2D eigenvalue weighted by atomic mass is 35.5. The average molecular weight is 190 g/mol. The molecule has 0 bridgehead atoms. The minimum Gasteiger partial charge on any atom is -0.315 e. The summed E-state index contributed by atoms with van der Waals surface area (Å²) in [4.78, 5) is 0. The van der Waals surface area contributed by atoms with E-state index in [9.17, 15) is 0 Å². The normalized spacial score (nSPS) is 20.0. The zero-order valence-corrected chi connectivity index (χ0v) is 8.90. The summed E-state index contributed by atoms with van der Waals surface area (Å²) in [5.74, 6) is 1.62. The molecule has 1 atom stereocenters. The number of halogens is 1. The van der Waals surface area contributed by atoms with E-state index in [-0.39, 0.29) is 0 Å². The van der Waals surface area contributed by atoms with E-state index in [1.807, 2.05) is 0 Å². The van der Waals surface area contributed by atoms with Crippen LogP contribution in [-0.4, -0.2) is 18.5 Å². The van der Waals surface area contributed by atoms with Crippen LogP contribution in [0.2, 0.25) is 0 Å². The third-order valence-electron chi connectivity index (χ3n) is 2.49. The molecule has 12 heavy (non-hydrogen) atoms. The zero-order chi connectivity index (χ0) is 8.97. The van der Waals surface area contributed by atoms with Crippen LogP contribution in [0.5, 0.6) is 0 Å². The van der Waals surface area contributed by atoms with Gasteiger partial charge in [0.1, 0.15) is 0 Å². The van der Waals surface area contributed by atoms with Gasteiger partial charge in [-0.05, 0) is 24.8 Å². The molecule has 0 amide bonds. The molecule has 1 rings (SSSR count). The van der Waals surface area contributed by atoms with Crippen molar-refractivity contribution in [2.75, 3.05) is 13.1 Å². The summed E-state index contributed by atoms with van der Waals surface area (Å²) in [5, 5.41) is 3.70. The van der Waals surface area contributed by atoms with Gasteiger partial charge in [-0.25, -0.2) is 0 Å². The Bertz CT molecular complexity index is 121. The van der Waals surface area contributed by atoms with Crippen molar-refractivity contribution in [3.05, 3.63) is 0 Å². The van der Waals surface area contributed by atoms with Crippen molar-refractivity contribution < 1.29 is 0 Å². The van der Waals surface area contributed by atoms with E-state index in [1.165, 1.54) is 19.3 Å². The van der Waals surface area contributed by atoms with Gasteiger partial charge in [-0.3, -0.25) is 0 Å². The van der Waals surface area contributed by atoms with Crippen LogP contribution in [0.1, 0.15) is 33.1 Å². The van der Waals surface area contributed by atoms with E-state index in [4.69, 9.17) is 11.6 Å². The highest BCUT2D eigenvalue weighted by Crippen LogP contribution is 2.31. The van der Waals surface area contributed by atoms with Crippen molar-refractivity contribution in [3.8, 4) is 0 Å². The lowest BCUT2D eigenvalue weighted by molar-refractivity contribution is 0.531. The van der Waals surface area contributed by atoms with Gasteiger partial charge in [-0.1, -0.05) is 26.7 Å². The number of hydrogen-bond acceptors (Lipinski definition) is 1. The lowest BCUT2D eigenvalue weighted by atomic mass is 10.1. The van der Waals surface area contributed by atoms with E-state index in [0.29, 0.717) is 11.3 Å². The molecule has 72 valence electrons. The molecule has 1 aliphatic rings. The first kappa shape index (κ1) is 10.3. The van der Waals surface area contributed by atoms with E-state index >= 15 is 0 Å². The van der Waals surface area contributed by atoms with Gasteiger partial charge in [0.15, 0.2) is 0 Å². The smallest absolute Gasteiger partial charge is 0.0483 e. The number of rotatable bonds is 6. The van der Waals surface area contributed by atoms with Crippen LogP contribution in [0.15, 0.2) is 0 Å². The van der Waals surface area contributed by atoms with Gasteiger partial charge in [-0.15, -0.1) is 11.6 Å². The van der Waals surface area contributed by atoms with Gasteiger partial charge in [0.05, 0.1) is 0 Å². The van der Waals surface area contributed by atoms with Crippen LogP contribution in [0.25, 0.3) is 0 Å². The molecular formula is C10H20ClN. The standard InChI is InChI=1S/C10H20ClN/c1-8(2)10(11)7-12-6-5-9-3-4-9/h8-10,12H,3-7H2,1-2H3. The molecule has 0 saturated heterocycles. The minimum atomic E-state index is 0.296. The van der Waals surface area contributed by atoms with Crippen molar-refractivity contribution in [3.63, 3.8) is 0 Å². The van der Waals surface area contributed by atoms with E-state index in [2.05, 4.69) is 19.2 Å². The fourth-order valence-corrected chi connectivity index (χ4v) is 1.30. The van der Waals surface area contributed by atoms with Crippen LogP contribution in [0.4, 0.5) is 0 Å². The Labute approximate surface area is 80.9 Å². The molecule has 1 N–H and O–H groups in total. The lowest BCUT2D eigenvalue weighted by Crippen LogP contribution is -2.27. The monoisotopic (exact) mass is 189 g/mol. The Balaban J connectivity index is 1.86. The van der Waals surface area contributed by atoms with Crippen LogP contribution >= 0.6 is 11.6 Å². The van der Waals surface area contributed by atoms with Crippen molar-refractivity contribution in [1.82, 2.24) is 5.32 Å². The highest BCUT2D eigenvalue weighted by molar-refractivity contribution is 6.20. The first-order valence-corrected chi connectivity index (χ1v) is 5.48. The topological polar surface area (TPSA) is 12.0 Å². The Morgan fingerprint density at radius 3 is 2.58 bits per heavy atom. The Morgan fingerprint density at radius 1 is 1.42 bits per heavy atom. The minimum absolute atomic E-state index is 0.296. The SMILES string of the molecule is CC(C)C(Cl)CNCCC1CC1. The summed E-state index contributed by atoms with van der Waals surface area (Å²) in [6.45, 7) is 6.45.